The lowest BCUT2D eigenvalue weighted by Gasteiger charge is -2.18. The third kappa shape index (κ3) is 2.37. The van der Waals surface area contributed by atoms with Crippen LogP contribution in [0.5, 0.6) is 0 Å². The summed E-state index contributed by atoms with van der Waals surface area (Å²) in [5.74, 6) is 5.66. The highest BCUT2D eigenvalue weighted by Crippen LogP contribution is 2.25. The van der Waals surface area contributed by atoms with Crippen molar-refractivity contribution in [2.45, 2.75) is 19.9 Å². The van der Waals surface area contributed by atoms with Gasteiger partial charge in [0, 0.05) is 18.0 Å². The molecule has 0 aliphatic heterocycles. The summed E-state index contributed by atoms with van der Waals surface area (Å²) in [6.45, 7) is 3.70. The number of hydrazine groups is 1. The lowest BCUT2D eigenvalue weighted by Crippen LogP contribution is -2.31. The molecule has 0 bridgehead atoms. The molecule has 3 N–H and O–H groups in total. The number of aromatic nitrogens is 2. The molecule has 0 fully saturated rings. The molecular weight excluding hydrogens is 231 g/mol. The van der Waals surface area contributed by atoms with Crippen LogP contribution < -0.4 is 11.3 Å². The maximum Gasteiger partial charge on any atom is 0.151 e. The molecule has 0 spiro atoms. The largest absolute Gasteiger partial charge is 0.270 e. The minimum atomic E-state index is -0.549. The number of nitrogens with one attached hydrogen (secondary N) is 1. The smallest absolute Gasteiger partial charge is 0.151 e. The topological polar surface area (TPSA) is 63.8 Å². The fraction of sp³-hybridized carbons (Fsp3) is 0.231. The molecule has 2 rings (SSSR count). The summed E-state index contributed by atoms with van der Waals surface area (Å²) in [5, 5.41) is 0. The quantitative estimate of drug-likeness (QED) is 0.640. The average Bonchev–Trinajstić information content (AvgIpc) is 2.34. The molecule has 0 amide bonds. The Kier molecular flexibility index (Phi) is 3.64. The Balaban J connectivity index is 2.52. The van der Waals surface area contributed by atoms with Gasteiger partial charge in [0.1, 0.15) is 11.9 Å². The molecule has 1 aromatic carbocycles. The minimum Gasteiger partial charge on any atom is -0.270 e. The summed E-state index contributed by atoms with van der Waals surface area (Å²) in [7, 11) is 0. The van der Waals surface area contributed by atoms with Crippen LogP contribution in [0.1, 0.15) is 28.6 Å². The average molecular weight is 246 g/mol. The number of nitrogens with two attached hydrogens (primary N) is 1. The molecule has 0 saturated heterocycles. The number of halogens is 1. The van der Waals surface area contributed by atoms with Crippen LogP contribution in [0.3, 0.4) is 0 Å². The summed E-state index contributed by atoms with van der Waals surface area (Å²) < 4.78 is 14.1. The van der Waals surface area contributed by atoms with Crippen LogP contribution >= 0.6 is 0 Å². The molecular formula is C13H15FN4. The summed E-state index contributed by atoms with van der Waals surface area (Å²) in [5.41, 5.74) is 4.75. The van der Waals surface area contributed by atoms with Gasteiger partial charge in [-0.1, -0.05) is 6.07 Å². The van der Waals surface area contributed by atoms with E-state index in [1.807, 2.05) is 19.9 Å². The maximum atomic E-state index is 14.1. The van der Waals surface area contributed by atoms with Gasteiger partial charge in [-0.25, -0.2) is 19.8 Å². The van der Waals surface area contributed by atoms with Gasteiger partial charge in [0.2, 0.25) is 0 Å². The fourth-order valence-electron chi connectivity index (χ4n) is 2.04. The van der Waals surface area contributed by atoms with Crippen LogP contribution in [0.2, 0.25) is 0 Å². The Labute approximate surface area is 105 Å². The normalized spacial score (nSPS) is 12.4. The number of aryl methyl sites for hydroxylation is 2. The molecule has 2 aromatic rings. The van der Waals surface area contributed by atoms with Gasteiger partial charge in [0.05, 0.1) is 0 Å². The van der Waals surface area contributed by atoms with Crippen molar-refractivity contribution in [1.82, 2.24) is 15.4 Å². The number of hydrogen-bond acceptors (Lipinski definition) is 4. The van der Waals surface area contributed by atoms with Gasteiger partial charge < -0.3 is 0 Å². The highest BCUT2D eigenvalue weighted by Gasteiger charge is 2.21. The molecule has 1 atom stereocenters. The van der Waals surface area contributed by atoms with E-state index in [-0.39, 0.29) is 5.82 Å². The second kappa shape index (κ2) is 5.20. The van der Waals surface area contributed by atoms with Gasteiger partial charge in [0.15, 0.2) is 5.82 Å². The number of hydrogen-bond donors (Lipinski definition) is 2. The first-order valence-electron chi connectivity index (χ1n) is 5.63. The first kappa shape index (κ1) is 12.6. The molecule has 0 saturated carbocycles. The Morgan fingerprint density at radius 1 is 1.22 bits per heavy atom. The number of rotatable bonds is 3. The van der Waals surface area contributed by atoms with Crippen molar-refractivity contribution in [2.24, 2.45) is 5.84 Å². The Morgan fingerprint density at radius 3 is 2.44 bits per heavy atom. The third-order valence-corrected chi connectivity index (χ3v) is 2.78. The third-order valence-electron chi connectivity index (χ3n) is 2.78. The SMILES string of the molecule is Cc1cc(C)c(C(NN)c2ncccn2)c(F)c1. The molecule has 0 radical (unpaired) electrons. The summed E-state index contributed by atoms with van der Waals surface area (Å²) in [6.07, 6.45) is 3.21. The standard InChI is InChI=1S/C13H15FN4/c1-8-6-9(2)11(10(14)7-8)12(18-15)13-16-4-3-5-17-13/h3-7,12,18H,15H2,1-2H3. The summed E-state index contributed by atoms with van der Waals surface area (Å²) >= 11 is 0. The van der Waals surface area contributed by atoms with Crippen LogP contribution in [0.25, 0.3) is 0 Å². The number of benzene rings is 1. The molecule has 18 heavy (non-hydrogen) atoms. The van der Waals surface area contributed by atoms with Crippen molar-refractivity contribution in [2.75, 3.05) is 0 Å². The monoisotopic (exact) mass is 246 g/mol. The molecule has 5 heteroatoms. The lowest BCUT2D eigenvalue weighted by atomic mass is 9.98. The first-order valence-corrected chi connectivity index (χ1v) is 5.63. The van der Waals surface area contributed by atoms with E-state index in [2.05, 4.69) is 15.4 Å². The zero-order valence-electron chi connectivity index (χ0n) is 10.3. The van der Waals surface area contributed by atoms with Gasteiger partial charge in [-0.2, -0.15) is 0 Å². The van der Waals surface area contributed by atoms with E-state index < -0.39 is 6.04 Å². The second-order valence-corrected chi connectivity index (χ2v) is 4.18. The molecule has 0 aliphatic rings. The van der Waals surface area contributed by atoms with Gasteiger partial charge in [-0.3, -0.25) is 5.84 Å². The molecule has 1 heterocycles. The van der Waals surface area contributed by atoms with Gasteiger partial charge in [0.25, 0.3) is 0 Å². The van der Waals surface area contributed by atoms with Crippen LogP contribution in [-0.4, -0.2) is 9.97 Å². The zero-order chi connectivity index (χ0) is 13.1. The van der Waals surface area contributed by atoms with Gasteiger partial charge in [-0.05, 0) is 37.1 Å². The van der Waals surface area contributed by atoms with Crippen LogP contribution in [0.15, 0.2) is 30.6 Å². The van der Waals surface area contributed by atoms with Crippen LogP contribution in [0.4, 0.5) is 4.39 Å². The maximum absolute atomic E-state index is 14.1. The number of nitrogens with zero attached hydrogens (tertiary/aromatic N) is 2. The van der Waals surface area contributed by atoms with Crippen molar-refractivity contribution < 1.29 is 4.39 Å². The fourth-order valence-corrected chi connectivity index (χ4v) is 2.04. The molecule has 4 nitrogen and oxygen atoms in total. The zero-order valence-corrected chi connectivity index (χ0v) is 10.3. The Hall–Kier alpha value is -1.85. The Bertz CT molecular complexity index is 519. The second-order valence-electron chi connectivity index (χ2n) is 4.18. The van der Waals surface area contributed by atoms with Crippen molar-refractivity contribution in [3.05, 3.63) is 58.9 Å². The predicted octanol–water partition coefficient (Wildman–Crippen LogP) is 1.79. The van der Waals surface area contributed by atoms with E-state index in [1.165, 1.54) is 6.07 Å². The molecule has 94 valence electrons. The predicted molar refractivity (Wildman–Crippen MR) is 67.1 cm³/mol. The van der Waals surface area contributed by atoms with E-state index in [9.17, 15) is 4.39 Å². The highest BCUT2D eigenvalue weighted by atomic mass is 19.1. The van der Waals surface area contributed by atoms with Crippen molar-refractivity contribution >= 4 is 0 Å². The van der Waals surface area contributed by atoms with Gasteiger partial charge in [-0.15, -0.1) is 0 Å². The van der Waals surface area contributed by atoms with E-state index in [0.717, 1.165) is 11.1 Å². The highest BCUT2D eigenvalue weighted by molar-refractivity contribution is 5.37. The molecule has 1 unspecified atom stereocenters. The Morgan fingerprint density at radius 2 is 1.89 bits per heavy atom. The van der Waals surface area contributed by atoms with E-state index in [0.29, 0.717) is 11.4 Å². The van der Waals surface area contributed by atoms with Crippen LogP contribution in [0, 0.1) is 19.7 Å². The van der Waals surface area contributed by atoms with Crippen LogP contribution in [-0.2, 0) is 0 Å². The van der Waals surface area contributed by atoms with Crippen molar-refractivity contribution in [3.63, 3.8) is 0 Å². The lowest BCUT2D eigenvalue weighted by molar-refractivity contribution is 0.540. The van der Waals surface area contributed by atoms with E-state index in [4.69, 9.17) is 5.84 Å². The van der Waals surface area contributed by atoms with E-state index >= 15 is 0 Å². The van der Waals surface area contributed by atoms with E-state index in [1.54, 1.807) is 18.5 Å². The van der Waals surface area contributed by atoms with Gasteiger partial charge >= 0.3 is 0 Å². The minimum absolute atomic E-state index is 0.303. The van der Waals surface area contributed by atoms with Crippen molar-refractivity contribution in [3.8, 4) is 0 Å². The summed E-state index contributed by atoms with van der Waals surface area (Å²) in [4.78, 5) is 8.22. The first-order chi connectivity index (χ1) is 8.63. The van der Waals surface area contributed by atoms with Crippen molar-refractivity contribution in [1.29, 1.82) is 0 Å². The molecule has 0 aliphatic carbocycles. The summed E-state index contributed by atoms with van der Waals surface area (Å²) in [6, 6.07) is 4.54. The molecule has 1 aromatic heterocycles.